The maximum Gasteiger partial charge on any atom is 0.226 e. The van der Waals surface area contributed by atoms with Crippen molar-refractivity contribution in [1.82, 2.24) is 15.0 Å². The molecule has 1 amide bonds. The van der Waals surface area contributed by atoms with Crippen molar-refractivity contribution in [2.75, 3.05) is 13.6 Å². The summed E-state index contributed by atoms with van der Waals surface area (Å²) in [5.41, 5.74) is 5.95. The average Bonchev–Trinajstić information content (AvgIpc) is 3.26. The monoisotopic (exact) mass is 413 g/mol. The zero-order chi connectivity index (χ0) is 21.8. The Hall–Kier alpha value is -3.47. The summed E-state index contributed by atoms with van der Waals surface area (Å²) in [6.07, 6.45) is 1.93. The van der Waals surface area contributed by atoms with Crippen LogP contribution in [-0.4, -0.2) is 34.5 Å². The molecule has 0 atom stereocenters. The van der Waals surface area contributed by atoms with E-state index in [0.29, 0.717) is 13.0 Å². The highest BCUT2D eigenvalue weighted by atomic mass is 16.5. The normalized spacial score (nSPS) is 11.1. The number of fused-ring (bicyclic) bond motifs is 1. The van der Waals surface area contributed by atoms with Crippen molar-refractivity contribution in [3.63, 3.8) is 0 Å². The Kier molecular flexibility index (Phi) is 6.12. The molecule has 158 valence electrons. The van der Waals surface area contributed by atoms with Crippen LogP contribution >= 0.6 is 0 Å². The van der Waals surface area contributed by atoms with Crippen molar-refractivity contribution < 1.29 is 9.32 Å². The Labute approximate surface area is 182 Å². The van der Waals surface area contributed by atoms with Gasteiger partial charge in [0.1, 0.15) is 11.5 Å². The molecule has 5 heteroatoms. The van der Waals surface area contributed by atoms with Crippen LogP contribution < -0.4 is 0 Å². The van der Waals surface area contributed by atoms with E-state index in [1.165, 1.54) is 0 Å². The number of carbonyl (C=O) groups is 1. The van der Waals surface area contributed by atoms with E-state index >= 15 is 0 Å². The van der Waals surface area contributed by atoms with Crippen molar-refractivity contribution in [2.24, 2.45) is 0 Å². The van der Waals surface area contributed by atoms with Gasteiger partial charge < -0.3 is 9.42 Å². The van der Waals surface area contributed by atoms with Gasteiger partial charge >= 0.3 is 0 Å². The molecule has 5 nitrogen and oxygen atoms in total. The minimum absolute atomic E-state index is 0.103. The molecule has 0 aliphatic carbocycles. The van der Waals surface area contributed by atoms with Gasteiger partial charge in [0.2, 0.25) is 5.91 Å². The van der Waals surface area contributed by atoms with Gasteiger partial charge in [0.15, 0.2) is 0 Å². The van der Waals surface area contributed by atoms with Crippen molar-refractivity contribution in [3.8, 4) is 11.3 Å². The van der Waals surface area contributed by atoms with Crippen LogP contribution in [0.5, 0.6) is 0 Å². The summed E-state index contributed by atoms with van der Waals surface area (Å²) in [7, 11) is 1.86. The van der Waals surface area contributed by atoms with E-state index in [1.54, 1.807) is 4.90 Å². The molecule has 0 bridgehead atoms. The van der Waals surface area contributed by atoms with Crippen LogP contribution in [0.25, 0.3) is 22.2 Å². The number of pyridine rings is 1. The fourth-order valence-electron chi connectivity index (χ4n) is 3.91. The predicted molar refractivity (Wildman–Crippen MR) is 123 cm³/mol. The lowest BCUT2D eigenvalue weighted by Gasteiger charge is -2.19. The van der Waals surface area contributed by atoms with Gasteiger partial charge in [-0.3, -0.25) is 9.78 Å². The molecule has 0 unspecified atom stereocenters. The lowest BCUT2D eigenvalue weighted by atomic mass is 9.99. The molecule has 0 aliphatic heterocycles. The molecule has 0 aliphatic rings. The van der Waals surface area contributed by atoms with E-state index in [2.05, 4.69) is 23.1 Å². The topological polar surface area (TPSA) is 59.2 Å². The number of likely N-dealkylation sites (N-methyl/N-ethyl adjacent to an activating group) is 1. The van der Waals surface area contributed by atoms with Gasteiger partial charge in [0.05, 0.1) is 11.9 Å². The molecule has 2 aromatic carbocycles. The molecular weight excluding hydrogens is 386 g/mol. The van der Waals surface area contributed by atoms with Gasteiger partial charge in [0, 0.05) is 42.7 Å². The van der Waals surface area contributed by atoms with Crippen molar-refractivity contribution in [3.05, 3.63) is 83.2 Å². The van der Waals surface area contributed by atoms with Crippen LogP contribution in [0.4, 0.5) is 0 Å². The van der Waals surface area contributed by atoms with E-state index < -0.39 is 0 Å². The SMILES string of the molecule is Cc1nc2ccccc2c(C)c1CC(=O)N(C)CCCc1cc(-c2ccccc2)no1. The Morgan fingerprint density at radius 2 is 1.77 bits per heavy atom. The van der Waals surface area contributed by atoms with Crippen molar-refractivity contribution in [1.29, 1.82) is 0 Å². The second-order valence-electron chi connectivity index (χ2n) is 7.96. The molecule has 0 radical (unpaired) electrons. The van der Waals surface area contributed by atoms with Gasteiger partial charge in [-0.15, -0.1) is 0 Å². The molecule has 0 spiro atoms. The number of hydrogen-bond acceptors (Lipinski definition) is 4. The third-order valence-electron chi connectivity index (χ3n) is 5.78. The van der Waals surface area contributed by atoms with Gasteiger partial charge in [0.25, 0.3) is 0 Å². The zero-order valence-electron chi connectivity index (χ0n) is 18.3. The summed E-state index contributed by atoms with van der Waals surface area (Å²) >= 11 is 0. The number of aromatic nitrogens is 2. The quantitative estimate of drug-likeness (QED) is 0.421. The maximum absolute atomic E-state index is 12.8. The molecule has 0 fully saturated rings. The summed E-state index contributed by atoms with van der Waals surface area (Å²) in [6.45, 7) is 4.73. The maximum atomic E-state index is 12.8. The predicted octanol–water partition coefficient (Wildman–Crippen LogP) is 5.14. The van der Waals surface area contributed by atoms with E-state index in [4.69, 9.17) is 4.52 Å². The summed E-state index contributed by atoms with van der Waals surface area (Å²) in [5.74, 6) is 0.941. The van der Waals surface area contributed by atoms with Gasteiger partial charge in [-0.1, -0.05) is 53.7 Å². The molecular formula is C26H27N3O2. The summed E-state index contributed by atoms with van der Waals surface area (Å²) in [6, 6.07) is 20.0. The van der Waals surface area contributed by atoms with Crippen molar-refractivity contribution in [2.45, 2.75) is 33.1 Å². The molecule has 0 saturated carbocycles. The number of aryl methyl sites for hydroxylation is 3. The number of carbonyl (C=O) groups excluding carboxylic acids is 1. The summed E-state index contributed by atoms with van der Waals surface area (Å²) in [5, 5.41) is 5.27. The Morgan fingerprint density at radius 1 is 1.03 bits per heavy atom. The Balaban J connectivity index is 1.35. The third-order valence-corrected chi connectivity index (χ3v) is 5.78. The first kappa shape index (κ1) is 20.8. The Morgan fingerprint density at radius 3 is 2.58 bits per heavy atom. The summed E-state index contributed by atoms with van der Waals surface area (Å²) in [4.78, 5) is 19.3. The first-order valence-electron chi connectivity index (χ1n) is 10.6. The van der Waals surface area contributed by atoms with E-state index in [-0.39, 0.29) is 5.91 Å². The first-order valence-corrected chi connectivity index (χ1v) is 10.6. The van der Waals surface area contributed by atoms with Gasteiger partial charge in [-0.05, 0) is 37.5 Å². The van der Waals surface area contributed by atoms with Crippen LogP contribution in [0.15, 0.2) is 65.2 Å². The van der Waals surface area contributed by atoms with Crippen LogP contribution in [0, 0.1) is 13.8 Å². The van der Waals surface area contributed by atoms with Crippen LogP contribution in [0.2, 0.25) is 0 Å². The minimum Gasteiger partial charge on any atom is -0.361 e. The standard InChI is InChI=1S/C26H27N3O2/c1-18-22-13-7-8-14-24(22)27-19(2)23(18)17-26(30)29(3)15-9-12-21-16-25(28-31-21)20-10-5-4-6-11-20/h4-8,10-11,13-14,16H,9,12,15,17H2,1-3H3. The van der Waals surface area contributed by atoms with Crippen LogP contribution in [-0.2, 0) is 17.6 Å². The fourth-order valence-corrected chi connectivity index (χ4v) is 3.91. The van der Waals surface area contributed by atoms with Gasteiger partial charge in [-0.25, -0.2) is 0 Å². The largest absolute Gasteiger partial charge is 0.361 e. The number of amides is 1. The van der Waals surface area contributed by atoms with E-state index in [0.717, 1.165) is 57.6 Å². The highest BCUT2D eigenvalue weighted by Gasteiger charge is 2.16. The van der Waals surface area contributed by atoms with E-state index in [9.17, 15) is 4.79 Å². The molecule has 31 heavy (non-hydrogen) atoms. The molecule has 2 heterocycles. The highest BCUT2D eigenvalue weighted by molar-refractivity contribution is 5.86. The summed E-state index contributed by atoms with van der Waals surface area (Å²) < 4.78 is 5.47. The van der Waals surface area contributed by atoms with Gasteiger partial charge in [-0.2, -0.15) is 0 Å². The third kappa shape index (κ3) is 4.66. The minimum atomic E-state index is 0.103. The Bertz CT molecular complexity index is 1200. The number of para-hydroxylation sites is 1. The second-order valence-corrected chi connectivity index (χ2v) is 7.96. The molecule has 0 saturated heterocycles. The first-order chi connectivity index (χ1) is 15.0. The molecule has 4 aromatic rings. The number of rotatable bonds is 7. The second kappa shape index (κ2) is 9.13. The van der Waals surface area contributed by atoms with Crippen LogP contribution in [0.1, 0.15) is 29.0 Å². The highest BCUT2D eigenvalue weighted by Crippen LogP contribution is 2.23. The molecule has 0 N–H and O–H groups in total. The van der Waals surface area contributed by atoms with Crippen molar-refractivity contribution >= 4 is 16.8 Å². The zero-order valence-corrected chi connectivity index (χ0v) is 18.3. The van der Waals surface area contributed by atoms with Crippen LogP contribution in [0.3, 0.4) is 0 Å². The van der Waals surface area contributed by atoms with E-state index in [1.807, 2.05) is 68.6 Å². The average molecular weight is 414 g/mol. The lowest BCUT2D eigenvalue weighted by molar-refractivity contribution is -0.129. The molecule has 4 rings (SSSR count). The smallest absolute Gasteiger partial charge is 0.226 e. The number of benzene rings is 2. The number of hydrogen-bond donors (Lipinski definition) is 0. The number of nitrogens with zero attached hydrogens (tertiary/aromatic N) is 3. The lowest BCUT2D eigenvalue weighted by Crippen LogP contribution is -2.30. The fraction of sp³-hybridized carbons (Fsp3) is 0.269. The molecule has 2 aromatic heterocycles.